The minimum atomic E-state index is 0.000934. The Bertz CT molecular complexity index is 844. The van der Waals surface area contributed by atoms with Crippen LogP contribution in [0.3, 0.4) is 0 Å². The first kappa shape index (κ1) is 14.1. The fourth-order valence-electron chi connectivity index (χ4n) is 2.94. The van der Waals surface area contributed by atoms with Crippen LogP contribution in [0.1, 0.15) is 0 Å². The number of benzene rings is 2. The number of nitrogens with one attached hydrogen (secondary N) is 1. The molecule has 0 radical (unpaired) electrons. The average Bonchev–Trinajstić information content (AvgIpc) is 3.05. The molecule has 114 valence electrons. The third-order valence-electron chi connectivity index (χ3n) is 4.11. The van der Waals surface area contributed by atoms with Crippen LogP contribution in [0.2, 0.25) is 0 Å². The smallest absolute Gasteiger partial charge is 0.188 e. The van der Waals surface area contributed by atoms with Crippen molar-refractivity contribution in [1.29, 1.82) is 5.41 Å². The monoisotopic (exact) mass is 321 g/mol. The molecular weight excluding hydrogens is 306 g/mol. The molecule has 0 amide bonds. The number of carbonyl (C=O) groups excluding carboxylic acids is 1. The Morgan fingerprint density at radius 1 is 1.04 bits per heavy atom. The summed E-state index contributed by atoms with van der Waals surface area (Å²) in [5.41, 5.74) is 2.47. The zero-order valence-corrected chi connectivity index (χ0v) is 13.4. The Hall–Kier alpha value is -2.53. The maximum Gasteiger partial charge on any atom is 0.188 e. The highest BCUT2D eigenvalue weighted by Gasteiger charge is 2.37. The van der Waals surface area contributed by atoms with E-state index < -0.39 is 0 Å². The Kier molecular flexibility index (Phi) is 3.23. The van der Waals surface area contributed by atoms with Gasteiger partial charge in [-0.1, -0.05) is 42.1 Å². The Balaban J connectivity index is 1.76. The van der Waals surface area contributed by atoms with Gasteiger partial charge in [0.25, 0.3) is 0 Å². The van der Waals surface area contributed by atoms with Crippen LogP contribution in [-0.2, 0) is 4.79 Å². The highest BCUT2D eigenvalue weighted by molar-refractivity contribution is 8.03. The van der Waals surface area contributed by atoms with Crippen molar-refractivity contribution < 1.29 is 4.79 Å². The van der Waals surface area contributed by atoms with Crippen molar-refractivity contribution in [3.05, 3.63) is 65.2 Å². The number of carbonyl (C=O) groups is 1. The predicted molar refractivity (Wildman–Crippen MR) is 94.2 cm³/mol. The first-order valence-corrected chi connectivity index (χ1v) is 8.18. The van der Waals surface area contributed by atoms with E-state index in [0.717, 1.165) is 21.3 Å². The number of anilines is 2. The third-order valence-corrected chi connectivity index (χ3v) is 5.34. The molecule has 0 atom stereocenters. The Morgan fingerprint density at radius 3 is 2.48 bits per heavy atom. The number of ketones is 1. The molecule has 0 aliphatic carbocycles. The van der Waals surface area contributed by atoms with Crippen LogP contribution in [0.4, 0.5) is 11.4 Å². The first-order chi connectivity index (χ1) is 11.2. The van der Waals surface area contributed by atoms with Gasteiger partial charge in [-0.05, 0) is 24.3 Å². The van der Waals surface area contributed by atoms with Gasteiger partial charge in [-0.3, -0.25) is 10.2 Å². The van der Waals surface area contributed by atoms with E-state index in [2.05, 4.69) is 0 Å². The molecule has 2 aromatic carbocycles. The molecule has 1 fully saturated rings. The minimum Gasteiger partial charge on any atom is -0.337 e. The number of Topliss-reactive ketones (excluding diaryl/α,β-unsaturated/α-hetero) is 1. The van der Waals surface area contributed by atoms with Crippen molar-refractivity contribution in [3.63, 3.8) is 0 Å². The van der Waals surface area contributed by atoms with Gasteiger partial charge in [0.15, 0.2) is 5.78 Å². The maximum absolute atomic E-state index is 12.6. The number of amidine groups is 1. The number of rotatable bonds is 1. The number of fused-ring (bicyclic) bond motifs is 1. The van der Waals surface area contributed by atoms with E-state index in [9.17, 15) is 4.79 Å². The van der Waals surface area contributed by atoms with E-state index in [1.165, 1.54) is 0 Å². The highest BCUT2D eigenvalue weighted by atomic mass is 32.2. The molecule has 2 aliphatic heterocycles. The summed E-state index contributed by atoms with van der Waals surface area (Å²) in [6.07, 6.45) is 0. The van der Waals surface area contributed by atoms with E-state index in [1.54, 1.807) is 16.7 Å². The lowest BCUT2D eigenvalue weighted by Gasteiger charge is -2.18. The second-order valence-corrected chi connectivity index (χ2v) is 6.53. The number of nitrogens with zero attached hydrogens (tertiary/aromatic N) is 2. The summed E-state index contributed by atoms with van der Waals surface area (Å²) in [5, 5.41) is 9.35. The third kappa shape index (κ3) is 2.16. The van der Waals surface area contributed by atoms with E-state index in [1.807, 2.05) is 66.5 Å². The Labute approximate surface area is 138 Å². The zero-order valence-electron chi connectivity index (χ0n) is 12.6. The molecule has 23 heavy (non-hydrogen) atoms. The molecule has 2 aliphatic rings. The van der Waals surface area contributed by atoms with Crippen LogP contribution < -0.4 is 9.80 Å². The number of thioether (sulfide) groups is 1. The van der Waals surface area contributed by atoms with Gasteiger partial charge in [-0.25, -0.2) is 0 Å². The van der Waals surface area contributed by atoms with Crippen molar-refractivity contribution in [2.24, 2.45) is 0 Å². The van der Waals surface area contributed by atoms with Crippen LogP contribution >= 0.6 is 11.8 Å². The normalized spacial score (nSPS) is 20.4. The Morgan fingerprint density at radius 2 is 1.74 bits per heavy atom. The van der Waals surface area contributed by atoms with Crippen LogP contribution in [0.15, 0.2) is 70.1 Å². The summed E-state index contributed by atoms with van der Waals surface area (Å²) in [7, 11) is 1.95. The van der Waals surface area contributed by atoms with Crippen molar-refractivity contribution >= 4 is 34.8 Å². The van der Waals surface area contributed by atoms with Gasteiger partial charge < -0.3 is 9.80 Å². The lowest BCUT2D eigenvalue weighted by atomic mass is 10.2. The van der Waals surface area contributed by atoms with Crippen molar-refractivity contribution in [2.75, 3.05) is 23.4 Å². The van der Waals surface area contributed by atoms with Gasteiger partial charge in [-0.2, -0.15) is 0 Å². The van der Waals surface area contributed by atoms with Gasteiger partial charge in [0.1, 0.15) is 5.84 Å². The van der Waals surface area contributed by atoms with Crippen LogP contribution in [-0.4, -0.2) is 25.2 Å². The fourth-order valence-corrected chi connectivity index (χ4v) is 4.15. The second-order valence-electron chi connectivity index (χ2n) is 5.50. The topological polar surface area (TPSA) is 47.4 Å². The summed E-state index contributed by atoms with van der Waals surface area (Å²) in [6.45, 7) is 0.229. The zero-order chi connectivity index (χ0) is 16.0. The van der Waals surface area contributed by atoms with E-state index >= 15 is 0 Å². The molecule has 0 saturated carbocycles. The summed E-state index contributed by atoms with van der Waals surface area (Å²) < 4.78 is 0. The number of hydrogen-bond donors (Lipinski definition) is 1. The van der Waals surface area contributed by atoms with Gasteiger partial charge >= 0.3 is 0 Å². The molecular formula is C18H15N3OS. The largest absolute Gasteiger partial charge is 0.337 e. The predicted octanol–water partition coefficient (Wildman–Crippen LogP) is 3.51. The van der Waals surface area contributed by atoms with E-state index in [0.29, 0.717) is 5.57 Å². The van der Waals surface area contributed by atoms with Crippen LogP contribution in [0.5, 0.6) is 0 Å². The van der Waals surface area contributed by atoms with Crippen molar-refractivity contribution in [2.45, 2.75) is 4.90 Å². The lowest BCUT2D eigenvalue weighted by Crippen LogP contribution is -2.25. The fraction of sp³-hybridized carbons (Fsp3) is 0.111. The molecule has 1 saturated heterocycles. The minimum absolute atomic E-state index is 0.000934. The average molecular weight is 321 g/mol. The molecule has 2 heterocycles. The molecule has 0 bridgehead atoms. The van der Waals surface area contributed by atoms with Gasteiger partial charge in [0.05, 0.1) is 22.8 Å². The van der Waals surface area contributed by atoms with Gasteiger partial charge in [0.2, 0.25) is 0 Å². The molecule has 4 rings (SSSR count). The molecule has 4 nitrogen and oxygen atoms in total. The quantitative estimate of drug-likeness (QED) is 0.817. The van der Waals surface area contributed by atoms with Gasteiger partial charge in [-0.15, -0.1) is 0 Å². The standard InChI is InChI=1S/C18H15N3OS/c1-20-13-9-5-6-10-15(13)23-18(20)16-14(22)11-21(17(16)19)12-7-3-2-4-8-12/h2-10,19H,11H2,1H3/b18-16+,19-17?. The maximum atomic E-state index is 12.6. The first-order valence-electron chi connectivity index (χ1n) is 7.36. The van der Waals surface area contributed by atoms with Crippen molar-refractivity contribution in [1.82, 2.24) is 0 Å². The summed E-state index contributed by atoms with van der Waals surface area (Å²) in [6, 6.07) is 17.7. The SMILES string of the molecule is CN1/C(=C2\C(=N)N(c3ccccc3)CC2=O)Sc2ccccc21. The van der Waals surface area contributed by atoms with Crippen LogP contribution in [0.25, 0.3) is 0 Å². The lowest BCUT2D eigenvalue weighted by molar-refractivity contribution is -0.113. The van der Waals surface area contributed by atoms with E-state index in [-0.39, 0.29) is 18.2 Å². The molecule has 0 spiro atoms. The molecule has 0 aromatic heterocycles. The molecule has 2 aromatic rings. The second kappa shape index (κ2) is 5.28. The highest BCUT2D eigenvalue weighted by Crippen LogP contribution is 2.47. The van der Waals surface area contributed by atoms with E-state index in [4.69, 9.17) is 5.41 Å². The molecule has 5 heteroatoms. The number of para-hydroxylation sites is 2. The number of hydrogen-bond acceptors (Lipinski definition) is 4. The molecule has 0 unspecified atom stereocenters. The summed E-state index contributed by atoms with van der Waals surface area (Å²) in [4.78, 5) is 17.5. The van der Waals surface area contributed by atoms with Crippen LogP contribution in [0, 0.1) is 5.41 Å². The van der Waals surface area contributed by atoms with Gasteiger partial charge in [0, 0.05) is 17.6 Å². The van der Waals surface area contributed by atoms with Crippen molar-refractivity contribution in [3.8, 4) is 0 Å². The summed E-state index contributed by atoms with van der Waals surface area (Å²) in [5.74, 6) is 0.282. The molecule has 1 N–H and O–H groups in total. The summed E-state index contributed by atoms with van der Waals surface area (Å²) >= 11 is 1.56.